The molecule has 37 heavy (non-hydrogen) atoms. The van der Waals surface area contributed by atoms with Gasteiger partial charge in [-0.3, -0.25) is 9.10 Å². The number of halogens is 1. The zero-order valence-electron chi connectivity index (χ0n) is 20.0. The number of rotatable bonds is 10. The van der Waals surface area contributed by atoms with Gasteiger partial charge in [-0.25, -0.2) is 8.42 Å². The molecular weight excluding hydrogens is 528 g/mol. The van der Waals surface area contributed by atoms with Crippen molar-refractivity contribution >= 4 is 50.7 Å². The lowest BCUT2D eigenvalue weighted by atomic mass is 10.3. The van der Waals surface area contributed by atoms with Crippen LogP contribution in [0.1, 0.15) is 6.92 Å². The summed E-state index contributed by atoms with van der Waals surface area (Å²) in [6.07, 6.45) is 0. The van der Waals surface area contributed by atoms with Gasteiger partial charge in [0, 0.05) is 14.8 Å². The third-order valence-corrected chi connectivity index (χ3v) is 8.38. The monoisotopic (exact) mass is 552 g/mol. The maximum Gasteiger partial charge on any atom is 0.264 e. The van der Waals surface area contributed by atoms with Crippen LogP contribution in [0.25, 0.3) is 0 Å². The molecule has 0 saturated carbocycles. The van der Waals surface area contributed by atoms with Crippen LogP contribution >= 0.6 is 23.4 Å². The van der Waals surface area contributed by atoms with Gasteiger partial charge in [0.25, 0.3) is 10.0 Å². The molecule has 0 aliphatic heterocycles. The molecule has 0 spiro atoms. The number of ether oxygens (including phenoxy) is 1. The summed E-state index contributed by atoms with van der Waals surface area (Å²) < 4.78 is 33.8. The van der Waals surface area contributed by atoms with E-state index in [4.69, 9.17) is 16.3 Å². The van der Waals surface area contributed by atoms with Crippen molar-refractivity contribution in [1.82, 2.24) is 0 Å². The van der Waals surface area contributed by atoms with Crippen LogP contribution in [-0.2, 0) is 14.8 Å². The van der Waals surface area contributed by atoms with Crippen LogP contribution in [0.4, 0.5) is 11.4 Å². The highest BCUT2D eigenvalue weighted by Crippen LogP contribution is 2.33. The van der Waals surface area contributed by atoms with Gasteiger partial charge >= 0.3 is 0 Å². The van der Waals surface area contributed by atoms with Crippen LogP contribution in [0.15, 0.2) is 118 Å². The predicted octanol–water partition coefficient (Wildman–Crippen LogP) is 6.72. The molecule has 0 atom stereocenters. The van der Waals surface area contributed by atoms with Gasteiger partial charge in [0.05, 0.1) is 22.9 Å². The van der Waals surface area contributed by atoms with Crippen LogP contribution < -0.4 is 14.4 Å². The number of nitrogens with zero attached hydrogens (tertiary/aromatic N) is 1. The molecule has 0 bridgehead atoms. The van der Waals surface area contributed by atoms with Crippen molar-refractivity contribution in [3.63, 3.8) is 0 Å². The molecule has 0 radical (unpaired) electrons. The molecule has 0 aliphatic rings. The molecule has 190 valence electrons. The van der Waals surface area contributed by atoms with Gasteiger partial charge in [-0.05, 0) is 79.7 Å². The molecule has 4 aromatic carbocycles. The highest BCUT2D eigenvalue weighted by Gasteiger charge is 2.27. The van der Waals surface area contributed by atoms with E-state index in [1.54, 1.807) is 30.3 Å². The maximum atomic E-state index is 13.6. The number of carbonyl (C=O) groups excluding carboxylic acids is 1. The van der Waals surface area contributed by atoms with Crippen molar-refractivity contribution in [1.29, 1.82) is 0 Å². The minimum Gasteiger partial charge on any atom is -0.494 e. The molecule has 0 fully saturated rings. The molecular formula is C28H25ClN2O4S2. The van der Waals surface area contributed by atoms with E-state index < -0.39 is 22.5 Å². The number of benzene rings is 4. The summed E-state index contributed by atoms with van der Waals surface area (Å²) in [4.78, 5) is 15.1. The Balaban J connectivity index is 1.61. The normalized spacial score (nSPS) is 11.1. The van der Waals surface area contributed by atoms with Gasteiger partial charge in [0.1, 0.15) is 12.3 Å². The summed E-state index contributed by atoms with van der Waals surface area (Å²) in [5, 5.41) is 3.30. The molecule has 4 rings (SSSR count). The Kier molecular flexibility index (Phi) is 8.76. The van der Waals surface area contributed by atoms with Crippen LogP contribution in [0.3, 0.4) is 0 Å². The second-order valence-electron chi connectivity index (χ2n) is 7.85. The van der Waals surface area contributed by atoms with E-state index in [-0.39, 0.29) is 4.90 Å². The lowest BCUT2D eigenvalue weighted by Gasteiger charge is -2.24. The van der Waals surface area contributed by atoms with Crippen LogP contribution in [0.2, 0.25) is 5.02 Å². The third kappa shape index (κ3) is 6.85. The minimum absolute atomic E-state index is 0.0265. The Morgan fingerprint density at radius 1 is 0.892 bits per heavy atom. The number of hydrogen-bond acceptors (Lipinski definition) is 5. The zero-order chi connectivity index (χ0) is 26.3. The van der Waals surface area contributed by atoms with Gasteiger partial charge < -0.3 is 10.1 Å². The standard InChI is InChI=1S/C28H25ClN2O4S2/c1-2-35-23-16-14-22(15-17-23)31(37(33,34)25-18-12-21(29)13-19-25)20-28(32)30-26-10-6-7-11-27(26)36-24-8-4-3-5-9-24/h3-19H,2,20H2,1H3,(H,30,32). The van der Waals surface area contributed by atoms with Crippen LogP contribution in [0.5, 0.6) is 5.75 Å². The van der Waals surface area contributed by atoms with E-state index in [1.165, 1.54) is 36.0 Å². The number of sulfonamides is 1. The second-order valence-corrected chi connectivity index (χ2v) is 11.3. The lowest BCUT2D eigenvalue weighted by molar-refractivity contribution is -0.114. The SMILES string of the molecule is CCOc1ccc(N(CC(=O)Nc2ccccc2Sc2ccccc2)S(=O)(=O)c2ccc(Cl)cc2)cc1. The number of para-hydroxylation sites is 1. The summed E-state index contributed by atoms with van der Waals surface area (Å²) in [6, 6.07) is 29.6. The first-order valence-corrected chi connectivity index (χ1v) is 14.1. The van der Waals surface area contributed by atoms with Crippen molar-refractivity contribution in [2.45, 2.75) is 21.6 Å². The number of amides is 1. The Morgan fingerprint density at radius 3 is 2.22 bits per heavy atom. The van der Waals surface area contributed by atoms with Crippen molar-refractivity contribution in [3.05, 3.63) is 108 Å². The summed E-state index contributed by atoms with van der Waals surface area (Å²) in [7, 11) is -4.07. The average Bonchev–Trinajstić information content (AvgIpc) is 2.90. The Labute approximate surface area is 226 Å². The molecule has 0 unspecified atom stereocenters. The van der Waals surface area contributed by atoms with E-state index >= 15 is 0 Å². The lowest BCUT2D eigenvalue weighted by Crippen LogP contribution is -2.38. The fourth-order valence-electron chi connectivity index (χ4n) is 3.52. The fourth-order valence-corrected chi connectivity index (χ4v) is 5.99. The first-order valence-electron chi connectivity index (χ1n) is 11.5. The molecule has 1 amide bonds. The van der Waals surface area contributed by atoms with Crippen molar-refractivity contribution in [2.75, 3.05) is 22.8 Å². The van der Waals surface area contributed by atoms with Gasteiger partial charge in [0.2, 0.25) is 5.91 Å². The Hall–Kier alpha value is -3.46. The van der Waals surface area contributed by atoms with Gasteiger partial charge in [-0.1, -0.05) is 53.7 Å². The number of anilines is 2. The molecule has 1 N–H and O–H groups in total. The first kappa shape index (κ1) is 26.6. The highest BCUT2D eigenvalue weighted by atomic mass is 35.5. The van der Waals surface area contributed by atoms with E-state index in [0.717, 1.165) is 14.1 Å². The first-order chi connectivity index (χ1) is 17.9. The number of carbonyl (C=O) groups is 1. The van der Waals surface area contributed by atoms with E-state index in [0.29, 0.717) is 28.8 Å². The molecule has 0 aromatic heterocycles. The quantitative estimate of drug-likeness (QED) is 0.236. The molecule has 0 heterocycles. The van der Waals surface area contributed by atoms with Gasteiger partial charge in [0.15, 0.2) is 0 Å². The average molecular weight is 553 g/mol. The largest absolute Gasteiger partial charge is 0.494 e. The number of nitrogens with one attached hydrogen (secondary N) is 1. The van der Waals surface area contributed by atoms with E-state index in [9.17, 15) is 13.2 Å². The zero-order valence-corrected chi connectivity index (χ0v) is 22.4. The number of hydrogen-bond donors (Lipinski definition) is 1. The van der Waals surface area contributed by atoms with E-state index in [2.05, 4.69) is 5.32 Å². The molecule has 6 nitrogen and oxygen atoms in total. The summed E-state index contributed by atoms with van der Waals surface area (Å²) >= 11 is 7.47. The third-order valence-electron chi connectivity index (χ3n) is 5.26. The minimum atomic E-state index is -4.07. The predicted molar refractivity (Wildman–Crippen MR) is 149 cm³/mol. The maximum absolute atomic E-state index is 13.6. The van der Waals surface area contributed by atoms with E-state index in [1.807, 2.05) is 55.5 Å². The van der Waals surface area contributed by atoms with Crippen molar-refractivity contribution in [3.8, 4) is 5.75 Å². The molecule has 0 saturated heterocycles. The molecule has 9 heteroatoms. The van der Waals surface area contributed by atoms with Crippen molar-refractivity contribution in [2.24, 2.45) is 0 Å². The highest BCUT2D eigenvalue weighted by molar-refractivity contribution is 7.99. The summed E-state index contributed by atoms with van der Waals surface area (Å²) in [5.74, 6) is 0.124. The fraction of sp³-hybridized carbons (Fsp3) is 0.107. The van der Waals surface area contributed by atoms with Gasteiger partial charge in [-0.15, -0.1) is 0 Å². The Bertz CT molecular complexity index is 1450. The second kappa shape index (κ2) is 12.2. The smallest absolute Gasteiger partial charge is 0.264 e. The van der Waals surface area contributed by atoms with Crippen LogP contribution in [-0.4, -0.2) is 27.5 Å². The van der Waals surface area contributed by atoms with Crippen LogP contribution in [0, 0.1) is 0 Å². The summed E-state index contributed by atoms with van der Waals surface area (Å²) in [6.45, 7) is 1.92. The topological polar surface area (TPSA) is 75.7 Å². The summed E-state index contributed by atoms with van der Waals surface area (Å²) in [5.41, 5.74) is 0.928. The molecule has 0 aliphatic carbocycles. The molecule has 4 aromatic rings. The Morgan fingerprint density at radius 2 is 1.54 bits per heavy atom. The van der Waals surface area contributed by atoms with Crippen molar-refractivity contribution < 1.29 is 17.9 Å². The van der Waals surface area contributed by atoms with Gasteiger partial charge in [-0.2, -0.15) is 0 Å².